The highest BCUT2D eigenvalue weighted by Crippen LogP contribution is 2.58. The Kier molecular flexibility index (Phi) is 8.30. The van der Waals surface area contributed by atoms with Gasteiger partial charge in [0, 0.05) is 30.3 Å². The largest absolute Gasteiger partial charge is 0.417 e. The van der Waals surface area contributed by atoms with Gasteiger partial charge in [-0.2, -0.15) is 13.2 Å². The van der Waals surface area contributed by atoms with Gasteiger partial charge in [-0.05, 0) is 111 Å². The number of aromatic nitrogens is 1. The summed E-state index contributed by atoms with van der Waals surface area (Å²) in [7, 11) is 0. The minimum absolute atomic E-state index is 0.0839. The van der Waals surface area contributed by atoms with Crippen molar-refractivity contribution in [2.75, 3.05) is 13.2 Å². The molecule has 3 aliphatic carbocycles. The molecule has 1 aromatic rings. The third-order valence-electron chi connectivity index (χ3n) is 10.9. The smallest absolute Gasteiger partial charge is 0.381 e. The van der Waals surface area contributed by atoms with Gasteiger partial charge in [-0.15, -0.1) is 0 Å². The lowest BCUT2D eigenvalue weighted by Crippen LogP contribution is -2.35. The molecule has 1 saturated heterocycles. The fourth-order valence-electron chi connectivity index (χ4n) is 8.57. The number of rotatable bonds is 8. The third-order valence-corrected chi connectivity index (χ3v) is 10.9. The molecule has 1 aliphatic heterocycles. The fraction of sp³-hybridized carbons (Fsp3) is 0.812. The average molecular weight is 534 g/mol. The van der Waals surface area contributed by atoms with E-state index in [1.165, 1.54) is 51.0 Å². The Labute approximate surface area is 226 Å². The summed E-state index contributed by atoms with van der Waals surface area (Å²) in [6.45, 7) is 6.45. The average Bonchev–Trinajstić information content (AvgIpc) is 3.34. The van der Waals surface area contributed by atoms with Gasteiger partial charge in [0.25, 0.3) is 0 Å². The Bertz CT molecular complexity index is 989. The molecule has 6 heteroatoms. The Morgan fingerprint density at radius 2 is 1.89 bits per heavy atom. The molecule has 0 bridgehead atoms. The SMILES string of the molecule is CC1(C)COCC[C@H]1CCC[C@@H]1C[C@H]2CCC[C@@]2(C(=O)CCC2CCc3cc(C(F)(F)F)cnc3CC2)C1. The highest BCUT2D eigenvalue weighted by molar-refractivity contribution is 5.86. The van der Waals surface area contributed by atoms with Crippen LogP contribution in [0.3, 0.4) is 0 Å². The first-order chi connectivity index (χ1) is 18.1. The van der Waals surface area contributed by atoms with Crippen LogP contribution in [0.1, 0.15) is 114 Å². The highest BCUT2D eigenvalue weighted by atomic mass is 19.4. The van der Waals surface area contributed by atoms with E-state index >= 15 is 0 Å². The minimum atomic E-state index is -4.35. The maximum absolute atomic E-state index is 13.8. The lowest BCUT2D eigenvalue weighted by Gasteiger charge is -2.38. The van der Waals surface area contributed by atoms with E-state index in [1.807, 2.05) is 0 Å². The van der Waals surface area contributed by atoms with Gasteiger partial charge in [0.2, 0.25) is 0 Å². The number of pyridine rings is 1. The molecule has 3 fully saturated rings. The van der Waals surface area contributed by atoms with Crippen LogP contribution in [0.25, 0.3) is 0 Å². The normalized spacial score (nSPS) is 33.0. The Balaban J connectivity index is 1.11. The number of Topliss-reactive ketones (excluding diaryl/α,β-unsaturated/α-hetero) is 1. The maximum Gasteiger partial charge on any atom is 0.417 e. The van der Waals surface area contributed by atoms with E-state index in [0.29, 0.717) is 42.8 Å². The molecule has 0 radical (unpaired) electrons. The zero-order chi connectivity index (χ0) is 27.0. The first-order valence-electron chi connectivity index (χ1n) is 15.2. The second-order valence-corrected chi connectivity index (χ2v) is 13.7. The summed E-state index contributed by atoms with van der Waals surface area (Å²) < 4.78 is 45.1. The van der Waals surface area contributed by atoms with E-state index in [4.69, 9.17) is 4.74 Å². The van der Waals surface area contributed by atoms with Gasteiger partial charge >= 0.3 is 6.18 Å². The molecule has 2 heterocycles. The number of carbonyl (C=O) groups excluding carboxylic acids is 1. The van der Waals surface area contributed by atoms with Crippen molar-refractivity contribution in [1.82, 2.24) is 4.98 Å². The summed E-state index contributed by atoms with van der Waals surface area (Å²) in [6.07, 6.45) is 12.0. The van der Waals surface area contributed by atoms with Gasteiger partial charge < -0.3 is 4.74 Å². The predicted molar refractivity (Wildman–Crippen MR) is 143 cm³/mol. The summed E-state index contributed by atoms with van der Waals surface area (Å²) in [4.78, 5) is 17.9. The Hall–Kier alpha value is -1.43. The molecule has 1 aromatic heterocycles. The summed E-state index contributed by atoms with van der Waals surface area (Å²) >= 11 is 0. The molecule has 0 N–H and O–H groups in total. The van der Waals surface area contributed by atoms with Crippen LogP contribution < -0.4 is 0 Å². The van der Waals surface area contributed by atoms with Crippen molar-refractivity contribution in [1.29, 1.82) is 0 Å². The zero-order valence-corrected chi connectivity index (χ0v) is 23.4. The van der Waals surface area contributed by atoms with E-state index in [-0.39, 0.29) is 10.8 Å². The van der Waals surface area contributed by atoms with E-state index < -0.39 is 11.7 Å². The van der Waals surface area contributed by atoms with E-state index in [9.17, 15) is 18.0 Å². The molecular formula is C32H46F3NO2. The van der Waals surface area contributed by atoms with E-state index in [2.05, 4.69) is 18.8 Å². The maximum atomic E-state index is 13.8. The first kappa shape index (κ1) is 28.1. The minimum Gasteiger partial charge on any atom is -0.381 e. The third kappa shape index (κ3) is 6.00. The summed E-state index contributed by atoms with van der Waals surface area (Å²) in [5.41, 5.74) is 1.09. The van der Waals surface area contributed by atoms with Crippen LogP contribution >= 0.6 is 0 Å². The molecule has 1 unspecified atom stereocenters. The molecule has 0 amide bonds. The first-order valence-corrected chi connectivity index (χ1v) is 15.2. The van der Waals surface area contributed by atoms with Gasteiger partial charge in [0.1, 0.15) is 5.78 Å². The van der Waals surface area contributed by atoms with Crippen LogP contribution in [0, 0.1) is 34.5 Å². The monoisotopic (exact) mass is 533 g/mol. The van der Waals surface area contributed by atoms with Crippen molar-refractivity contribution in [3.63, 3.8) is 0 Å². The van der Waals surface area contributed by atoms with Crippen LogP contribution in [0.5, 0.6) is 0 Å². The summed E-state index contributed by atoms with van der Waals surface area (Å²) in [6, 6.07) is 1.29. The molecule has 2 saturated carbocycles. The van der Waals surface area contributed by atoms with Gasteiger partial charge in [-0.1, -0.05) is 33.1 Å². The van der Waals surface area contributed by atoms with Crippen LogP contribution in [0.15, 0.2) is 12.3 Å². The van der Waals surface area contributed by atoms with Crippen molar-refractivity contribution in [2.24, 2.45) is 34.5 Å². The topological polar surface area (TPSA) is 39.2 Å². The van der Waals surface area contributed by atoms with Gasteiger partial charge in [-0.25, -0.2) is 0 Å². The number of carbonyl (C=O) groups is 1. The number of aryl methyl sites for hydroxylation is 2. The molecule has 0 aromatic carbocycles. The van der Waals surface area contributed by atoms with Crippen molar-refractivity contribution in [3.8, 4) is 0 Å². The molecule has 3 nitrogen and oxygen atoms in total. The number of ketones is 1. The number of halogens is 3. The highest BCUT2D eigenvalue weighted by Gasteiger charge is 2.53. The number of fused-ring (bicyclic) bond motifs is 2. The van der Waals surface area contributed by atoms with Crippen LogP contribution in [-0.2, 0) is 28.5 Å². The molecule has 4 aliphatic rings. The molecule has 212 valence electrons. The Morgan fingerprint density at radius 3 is 2.68 bits per heavy atom. The molecule has 38 heavy (non-hydrogen) atoms. The van der Waals surface area contributed by atoms with Gasteiger partial charge in [-0.3, -0.25) is 9.78 Å². The quantitative estimate of drug-likeness (QED) is 0.315. The second kappa shape index (κ2) is 11.2. The zero-order valence-electron chi connectivity index (χ0n) is 23.4. The number of hydrogen-bond donors (Lipinski definition) is 0. The van der Waals surface area contributed by atoms with Crippen molar-refractivity contribution in [2.45, 2.75) is 116 Å². The number of ether oxygens (including phenoxy) is 1. The standard InChI is InChI=1S/C32H46F3NO2/c1-30(2)21-38-16-14-25(30)6-3-5-23-17-26-7-4-15-31(26,19-23)29(37)13-10-22-8-11-24-18-27(32(33,34)35)20-36-28(24)12-9-22/h18,20,22-23,25-26H,3-17,19,21H2,1-2H3/t22?,23-,25-,26-,31-/m1/s1. The molecule has 5 rings (SSSR count). The van der Waals surface area contributed by atoms with Gasteiger partial charge in [0.15, 0.2) is 0 Å². The van der Waals surface area contributed by atoms with Crippen molar-refractivity contribution < 1.29 is 22.7 Å². The van der Waals surface area contributed by atoms with Crippen molar-refractivity contribution >= 4 is 5.78 Å². The summed E-state index contributed by atoms with van der Waals surface area (Å²) in [5, 5.41) is 0. The van der Waals surface area contributed by atoms with E-state index in [1.54, 1.807) is 0 Å². The van der Waals surface area contributed by atoms with Crippen LogP contribution in [0.4, 0.5) is 13.2 Å². The van der Waals surface area contributed by atoms with E-state index in [0.717, 1.165) is 68.7 Å². The number of hydrogen-bond acceptors (Lipinski definition) is 3. The number of nitrogens with zero attached hydrogens (tertiary/aromatic N) is 1. The lowest BCUT2D eigenvalue weighted by atomic mass is 9.73. The summed E-state index contributed by atoms with van der Waals surface area (Å²) in [5.74, 6) is 2.89. The van der Waals surface area contributed by atoms with Crippen molar-refractivity contribution in [3.05, 3.63) is 29.1 Å². The van der Waals surface area contributed by atoms with Gasteiger partial charge in [0.05, 0.1) is 12.2 Å². The molecule has 0 spiro atoms. The molecular weight excluding hydrogens is 487 g/mol. The predicted octanol–water partition coefficient (Wildman–Crippen LogP) is 8.37. The second-order valence-electron chi connectivity index (χ2n) is 13.7. The number of alkyl halides is 3. The lowest BCUT2D eigenvalue weighted by molar-refractivity contribution is -0.138. The van der Waals surface area contributed by atoms with Crippen LogP contribution in [-0.4, -0.2) is 24.0 Å². The van der Waals surface area contributed by atoms with Crippen LogP contribution in [0.2, 0.25) is 0 Å². The Morgan fingerprint density at radius 1 is 1.08 bits per heavy atom. The fourth-order valence-corrected chi connectivity index (χ4v) is 8.57. The molecule has 5 atom stereocenters.